The number of aliphatic imine (C=N–C) groups is 1. The van der Waals surface area contributed by atoms with Gasteiger partial charge in [-0.25, -0.2) is 4.98 Å². The lowest BCUT2D eigenvalue weighted by Gasteiger charge is -2.15. The molecule has 0 N–H and O–H groups in total. The van der Waals surface area contributed by atoms with Gasteiger partial charge in [0.15, 0.2) is 5.65 Å². The number of nitrogens with zero attached hydrogens (tertiary/aromatic N) is 4. The van der Waals surface area contributed by atoms with Crippen LogP contribution in [0.3, 0.4) is 0 Å². The molecule has 1 aliphatic carbocycles. The summed E-state index contributed by atoms with van der Waals surface area (Å²) in [5, 5.41) is 1.08. The fraction of sp³-hybridized carbons (Fsp3) is 0.481. The van der Waals surface area contributed by atoms with E-state index in [-0.39, 0.29) is 0 Å². The summed E-state index contributed by atoms with van der Waals surface area (Å²) < 4.78 is 5.20. The maximum Gasteiger partial charge on any atom is 0.215 e. The summed E-state index contributed by atoms with van der Waals surface area (Å²) in [6.45, 7) is 12.7. The van der Waals surface area contributed by atoms with Gasteiger partial charge in [-0.05, 0) is 68.2 Å². The van der Waals surface area contributed by atoms with E-state index in [1.807, 2.05) is 38.2 Å². The van der Waals surface area contributed by atoms with E-state index in [9.17, 15) is 0 Å². The molecule has 0 amide bonds. The van der Waals surface area contributed by atoms with Crippen molar-refractivity contribution in [3.63, 3.8) is 0 Å². The molecule has 0 unspecified atom stereocenters. The largest absolute Gasteiger partial charge is 0.481 e. The lowest BCUT2D eigenvalue weighted by molar-refractivity contribution is 0.399. The number of methoxy groups -OCH3 is 1. The minimum atomic E-state index is 0.423. The van der Waals surface area contributed by atoms with Gasteiger partial charge in [-0.3, -0.25) is 9.98 Å². The van der Waals surface area contributed by atoms with Crippen molar-refractivity contribution in [3.05, 3.63) is 47.9 Å². The zero-order valence-electron chi connectivity index (χ0n) is 21.1. The SMILES string of the molecule is CC.CC[C@@H](C)c1c(N=C(C)C2CC2)cnc2nc(OC)ccc12.CCc1ccc(S)cn1. The van der Waals surface area contributed by atoms with Gasteiger partial charge in [0.2, 0.25) is 5.88 Å². The Morgan fingerprint density at radius 3 is 2.39 bits per heavy atom. The number of aryl methyl sites for hydroxylation is 1. The van der Waals surface area contributed by atoms with Crippen LogP contribution in [0.5, 0.6) is 5.88 Å². The van der Waals surface area contributed by atoms with Crippen molar-refractivity contribution >= 4 is 35.1 Å². The minimum absolute atomic E-state index is 0.423. The lowest BCUT2D eigenvalue weighted by Crippen LogP contribution is -2.00. The number of aromatic nitrogens is 3. The summed E-state index contributed by atoms with van der Waals surface area (Å²) in [7, 11) is 1.63. The van der Waals surface area contributed by atoms with E-state index in [0.717, 1.165) is 40.2 Å². The Kier molecular flexibility index (Phi) is 10.8. The second-order valence-electron chi connectivity index (χ2n) is 7.98. The number of rotatable bonds is 6. The van der Waals surface area contributed by atoms with Gasteiger partial charge in [-0.2, -0.15) is 4.98 Å². The highest BCUT2D eigenvalue weighted by atomic mass is 32.1. The van der Waals surface area contributed by atoms with E-state index in [2.05, 4.69) is 61.3 Å². The Bertz CT molecular complexity index is 1050. The van der Waals surface area contributed by atoms with Crippen LogP contribution in [0.15, 0.2) is 46.5 Å². The molecule has 3 aromatic rings. The predicted molar refractivity (Wildman–Crippen MR) is 143 cm³/mol. The Hall–Kier alpha value is -2.47. The summed E-state index contributed by atoms with van der Waals surface area (Å²) in [4.78, 5) is 18.9. The molecule has 0 aliphatic heterocycles. The molecular formula is C27H38N4OS. The summed E-state index contributed by atoms with van der Waals surface area (Å²) in [5.41, 5.74) is 5.33. The van der Waals surface area contributed by atoms with Crippen LogP contribution in [0, 0.1) is 5.92 Å². The third-order valence-corrected chi connectivity index (χ3v) is 5.94. The van der Waals surface area contributed by atoms with Crippen molar-refractivity contribution in [2.75, 3.05) is 7.11 Å². The monoisotopic (exact) mass is 466 g/mol. The molecule has 1 atom stereocenters. The van der Waals surface area contributed by atoms with Crippen LogP contribution in [-0.2, 0) is 6.42 Å². The highest BCUT2D eigenvalue weighted by Gasteiger charge is 2.25. The zero-order valence-corrected chi connectivity index (χ0v) is 22.0. The van der Waals surface area contributed by atoms with E-state index in [1.165, 1.54) is 24.1 Å². The highest BCUT2D eigenvalue weighted by Crippen LogP contribution is 2.37. The number of ether oxygens (including phenoxy) is 1. The van der Waals surface area contributed by atoms with Crippen LogP contribution in [0.2, 0.25) is 0 Å². The molecule has 178 valence electrons. The minimum Gasteiger partial charge on any atom is -0.481 e. The lowest BCUT2D eigenvalue weighted by atomic mass is 9.94. The van der Waals surface area contributed by atoms with Crippen molar-refractivity contribution in [2.24, 2.45) is 10.9 Å². The molecule has 1 saturated carbocycles. The van der Waals surface area contributed by atoms with Gasteiger partial charge in [0, 0.05) is 34.0 Å². The van der Waals surface area contributed by atoms with Crippen LogP contribution in [0.1, 0.15) is 78.0 Å². The summed E-state index contributed by atoms with van der Waals surface area (Å²) in [6, 6.07) is 7.90. The van der Waals surface area contributed by atoms with Gasteiger partial charge in [0.1, 0.15) is 0 Å². The van der Waals surface area contributed by atoms with Gasteiger partial charge in [-0.15, -0.1) is 12.6 Å². The maximum absolute atomic E-state index is 5.20. The van der Waals surface area contributed by atoms with E-state index < -0.39 is 0 Å². The number of pyridine rings is 3. The van der Waals surface area contributed by atoms with Gasteiger partial charge in [0.25, 0.3) is 0 Å². The Labute approximate surface area is 204 Å². The van der Waals surface area contributed by atoms with E-state index in [1.54, 1.807) is 13.3 Å². The van der Waals surface area contributed by atoms with Crippen molar-refractivity contribution in [1.29, 1.82) is 0 Å². The second kappa shape index (κ2) is 13.3. The normalized spacial score (nSPS) is 14.0. The maximum atomic E-state index is 5.20. The first kappa shape index (κ1) is 26.8. The summed E-state index contributed by atoms with van der Waals surface area (Å²) in [5.74, 6) is 1.70. The summed E-state index contributed by atoms with van der Waals surface area (Å²) in [6.07, 6.45) is 8.23. The van der Waals surface area contributed by atoms with Gasteiger partial charge in [0.05, 0.1) is 19.0 Å². The van der Waals surface area contributed by atoms with E-state index in [4.69, 9.17) is 9.73 Å². The van der Waals surface area contributed by atoms with Crippen LogP contribution < -0.4 is 4.74 Å². The van der Waals surface area contributed by atoms with E-state index >= 15 is 0 Å². The standard InChI is InChI=1S/C18H23N3O.C7H9NS.C2H6/c1-5-11(2)17-14-8-9-16(22-4)21-18(14)19-10-15(17)20-12(3)13-6-7-13;1-2-6-3-4-7(9)5-8-6;1-2/h8-11,13H,5-7H2,1-4H3;3-5,9H,2H2,1H3;1-2H3/t11-;;/m1../s1. The third-order valence-electron chi connectivity index (χ3n) is 5.68. The molecule has 0 radical (unpaired) electrons. The number of thiol groups is 1. The van der Waals surface area contributed by atoms with Gasteiger partial charge >= 0.3 is 0 Å². The average Bonchev–Trinajstić information content (AvgIpc) is 3.71. The predicted octanol–water partition coefficient (Wildman–Crippen LogP) is 7.61. The van der Waals surface area contributed by atoms with Crippen molar-refractivity contribution in [3.8, 4) is 5.88 Å². The zero-order chi connectivity index (χ0) is 24.4. The molecule has 33 heavy (non-hydrogen) atoms. The second-order valence-corrected chi connectivity index (χ2v) is 8.50. The van der Waals surface area contributed by atoms with Crippen molar-refractivity contribution in [1.82, 2.24) is 15.0 Å². The van der Waals surface area contributed by atoms with Crippen LogP contribution in [-0.4, -0.2) is 27.8 Å². The molecule has 5 nitrogen and oxygen atoms in total. The molecular weight excluding hydrogens is 428 g/mol. The molecule has 0 aromatic carbocycles. The molecule has 1 aliphatic rings. The Morgan fingerprint density at radius 1 is 1.12 bits per heavy atom. The molecule has 6 heteroatoms. The Balaban J connectivity index is 0.000000293. The topological polar surface area (TPSA) is 60.3 Å². The van der Waals surface area contributed by atoms with Crippen molar-refractivity contribution in [2.45, 2.75) is 78.0 Å². The number of hydrogen-bond donors (Lipinski definition) is 1. The number of fused-ring (bicyclic) bond motifs is 1. The molecule has 0 saturated heterocycles. The van der Waals surface area contributed by atoms with Gasteiger partial charge in [-0.1, -0.05) is 34.6 Å². The quantitative estimate of drug-likeness (QED) is 0.300. The van der Waals surface area contributed by atoms with Crippen LogP contribution >= 0.6 is 12.6 Å². The van der Waals surface area contributed by atoms with Crippen LogP contribution in [0.4, 0.5) is 5.69 Å². The molecule has 4 rings (SSSR count). The van der Waals surface area contributed by atoms with Crippen molar-refractivity contribution < 1.29 is 4.74 Å². The van der Waals surface area contributed by atoms with Gasteiger partial charge < -0.3 is 4.74 Å². The molecule has 1 fully saturated rings. The fourth-order valence-electron chi connectivity index (χ4n) is 3.40. The Morgan fingerprint density at radius 2 is 1.85 bits per heavy atom. The summed E-state index contributed by atoms with van der Waals surface area (Å²) >= 11 is 4.11. The average molecular weight is 467 g/mol. The third kappa shape index (κ3) is 7.53. The molecule has 3 heterocycles. The first-order valence-electron chi connectivity index (χ1n) is 12.0. The molecule has 0 spiro atoms. The smallest absolute Gasteiger partial charge is 0.215 e. The number of hydrogen-bond acceptors (Lipinski definition) is 6. The fourth-order valence-corrected chi connectivity index (χ4v) is 3.53. The highest BCUT2D eigenvalue weighted by molar-refractivity contribution is 7.80. The molecule has 0 bridgehead atoms. The van der Waals surface area contributed by atoms with E-state index in [0.29, 0.717) is 17.7 Å². The first-order chi connectivity index (χ1) is 16.0. The first-order valence-corrected chi connectivity index (χ1v) is 12.4. The van der Waals surface area contributed by atoms with Crippen LogP contribution in [0.25, 0.3) is 11.0 Å². The molecule has 3 aromatic heterocycles.